The summed E-state index contributed by atoms with van der Waals surface area (Å²) in [7, 11) is 1.67. The summed E-state index contributed by atoms with van der Waals surface area (Å²) in [6.45, 7) is 2.17. The number of carbonyl (C=O) groups excluding carboxylic acids is 1. The topological polar surface area (TPSA) is 66.8 Å². The second-order valence-corrected chi connectivity index (χ2v) is 7.53. The van der Waals surface area contributed by atoms with E-state index >= 15 is 0 Å². The summed E-state index contributed by atoms with van der Waals surface area (Å²) in [6, 6.07) is 7.10. The first kappa shape index (κ1) is 17.9. The van der Waals surface area contributed by atoms with Crippen molar-refractivity contribution >= 4 is 11.9 Å². The minimum atomic E-state index is -0.898. The Balaban J connectivity index is 1.61. The van der Waals surface area contributed by atoms with Crippen LogP contribution in [0.25, 0.3) is 0 Å². The first-order valence-electron chi connectivity index (χ1n) is 9.15. The van der Waals surface area contributed by atoms with E-state index in [2.05, 4.69) is 0 Å². The maximum Gasteiger partial charge on any atom is 0.335 e. The van der Waals surface area contributed by atoms with E-state index in [-0.39, 0.29) is 11.3 Å². The molecule has 0 bridgehead atoms. The molecule has 0 aromatic heterocycles. The van der Waals surface area contributed by atoms with Gasteiger partial charge in [0.15, 0.2) is 0 Å². The van der Waals surface area contributed by atoms with Crippen molar-refractivity contribution in [3.63, 3.8) is 0 Å². The molecule has 1 saturated carbocycles. The van der Waals surface area contributed by atoms with Gasteiger partial charge in [0.1, 0.15) is 0 Å². The number of nitrogens with zero attached hydrogens (tertiary/aromatic N) is 1. The average Bonchev–Trinajstić information content (AvgIpc) is 2.58. The van der Waals surface area contributed by atoms with Gasteiger partial charge in [-0.2, -0.15) is 0 Å². The standard InChI is InChI=1S/C20H27NO4/c1-25-14-20(9-3-10-20)19(24)21-11-2-4-16(13-21)12-15-5-7-17(8-6-15)18(22)23/h5-8,16H,2-4,9-14H2,1H3,(H,22,23). The van der Waals surface area contributed by atoms with Gasteiger partial charge in [0.2, 0.25) is 5.91 Å². The van der Waals surface area contributed by atoms with Crippen LogP contribution in [0.3, 0.4) is 0 Å². The van der Waals surface area contributed by atoms with E-state index in [0.717, 1.165) is 57.2 Å². The number of carboxylic acid groups (broad SMARTS) is 1. The summed E-state index contributed by atoms with van der Waals surface area (Å²) < 4.78 is 5.32. The number of ether oxygens (including phenoxy) is 1. The number of amides is 1. The molecule has 1 atom stereocenters. The molecular weight excluding hydrogens is 318 g/mol. The molecule has 0 radical (unpaired) electrons. The third-order valence-corrected chi connectivity index (χ3v) is 5.72. The summed E-state index contributed by atoms with van der Waals surface area (Å²) in [6.07, 6.45) is 6.03. The number of hydrogen-bond donors (Lipinski definition) is 1. The molecule has 1 N–H and O–H groups in total. The van der Waals surface area contributed by atoms with Gasteiger partial charge in [-0.1, -0.05) is 18.6 Å². The van der Waals surface area contributed by atoms with Crippen LogP contribution in [-0.2, 0) is 16.0 Å². The highest BCUT2D eigenvalue weighted by Crippen LogP contribution is 2.43. The zero-order valence-corrected chi connectivity index (χ0v) is 14.9. The molecule has 3 rings (SSSR count). The molecule has 1 amide bonds. The highest BCUT2D eigenvalue weighted by Gasteiger charge is 2.46. The minimum Gasteiger partial charge on any atom is -0.478 e. The number of hydrogen-bond acceptors (Lipinski definition) is 3. The van der Waals surface area contributed by atoms with Crippen LogP contribution < -0.4 is 0 Å². The number of benzene rings is 1. The fourth-order valence-electron chi connectivity index (χ4n) is 4.17. The van der Waals surface area contributed by atoms with Gasteiger partial charge in [0, 0.05) is 20.2 Å². The summed E-state index contributed by atoms with van der Waals surface area (Å²) in [5.41, 5.74) is 1.18. The van der Waals surface area contributed by atoms with Crippen LogP contribution in [0.4, 0.5) is 0 Å². The molecule has 1 heterocycles. The molecule has 5 nitrogen and oxygen atoms in total. The van der Waals surface area contributed by atoms with E-state index in [1.165, 1.54) is 0 Å². The van der Waals surface area contributed by atoms with Crippen LogP contribution in [-0.4, -0.2) is 48.7 Å². The molecule has 2 fully saturated rings. The molecule has 1 aliphatic carbocycles. The van der Waals surface area contributed by atoms with Crippen molar-refractivity contribution in [3.8, 4) is 0 Å². The van der Waals surface area contributed by atoms with Gasteiger partial charge in [0.05, 0.1) is 17.6 Å². The number of aromatic carboxylic acids is 1. The van der Waals surface area contributed by atoms with E-state index < -0.39 is 5.97 Å². The maximum absolute atomic E-state index is 13.0. The van der Waals surface area contributed by atoms with Gasteiger partial charge in [-0.3, -0.25) is 4.79 Å². The molecule has 1 aromatic carbocycles. The predicted octanol–water partition coefficient (Wildman–Crippen LogP) is 2.98. The zero-order valence-electron chi connectivity index (χ0n) is 14.9. The minimum absolute atomic E-state index is 0.270. The Hall–Kier alpha value is -1.88. The lowest BCUT2D eigenvalue weighted by Gasteiger charge is -2.45. The quantitative estimate of drug-likeness (QED) is 0.861. The SMILES string of the molecule is COCC1(C(=O)N2CCCC(Cc3ccc(C(=O)O)cc3)C2)CCC1. The van der Waals surface area contributed by atoms with Crippen LogP contribution in [0.5, 0.6) is 0 Å². The van der Waals surface area contributed by atoms with Gasteiger partial charge in [-0.05, 0) is 55.7 Å². The average molecular weight is 345 g/mol. The van der Waals surface area contributed by atoms with Crippen molar-refractivity contribution in [2.75, 3.05) is 26.8 Å². The zero-order chi connectivity index (χ0) is 17.9. The van der Waals surface area contributed by atoms with E-state index in [1.54, 1.807) is 19.2 Å². The lowest BCUT2D eigenvalue weighted by Crippen LogP contribution is -2.53. The second kappa shape index (κ2) is 7.56. The fraction of sp³-hybridized carbons (Fsp3) is 0.600. The number of rotatable bonds is 6. The van der Waals surface area contributed by atoms with Crippen molar-refractivity contribution in [3.05, 3.63) is 35.4 Å². The lowest BCUT2D eigenvalue weighted by molar-refractivity contribution is -0.154. The van der Waals surface area contributed by atoms with Gasteiger partial charge in [-0.25, -0.2) is 4.79 Å². The molecule has 25 heavy (non-hydrogen) atoms. The summed E-state index contributed by atoms with van der Waals surface area (Å²) in [5.74, 6) is -0.190. The monoisotopic (exact) mass is 345 g/mol. The van der Waals surface area contributed by atoms with Crippen LogP contribution in [0, 0.1) is 11.3 Å². The summed E-state index contributed by atoms with van der Waals surface area (Å²) in [4.78, 5) is 26.0. The van der Waals surface area contributed by atoms with Crippen molar-refractivity contribution in [2.24, 2.45) is 11.3 Å². The largest absolute Gasteiger partial charge is 0.478 e. The van der Waals surface area contributed by atoms with Crippen molar-refractivity contribution in [2.45, 2.75) is 38.5 Å². The smallest absolute Gasteiger partial charge is 0.335 e. The predicted molar refractivity (Wildman–Crippen MR) is 94.6 cm³/mol. The molecule has 1 aliphatic heterocycles. The number of likely N-dealkylation sites (tertiary alicyclic amines) is 1. The first-order chi connectivity index (χ1) is 12.0. The van der Waals surface area contributed by atoms with Crippen molar-refractivity contribution in [1.82, 2.24) is 4.90 Å². The van der Waals surface area contributed by atoms with E-state index in [1.807, 2.05) is 17.0 Å². The van der Waals surface area contributed by atoms with Gasteiger partial charge >= 0.3 is 5.97 Å². The highest BCUT2D eigenvalue weighted by molar-refractivity contribution is 5.87. The van der Waals surface area contributed by atoms with Crippen molar-refractivity contribution < 1.29 is 19.4 Å². The van der Waals surface area contributed by atoms with Gasteiger partial charge < -0.3 is 14.7 Å². The molecule has 5 heteroatoms. The molecule has 1 saturated heterocycles. The maximum atomic E-state index is 13.0. The molecule has 2 aliphatic rings. The molecule has 1 aromatic rings. The lowest BCUT2D eigenvalue weighted by atomic mass is 9.68. The normalized spacial score (nSPS) is 22.3. The van der Waals surface area contributed by atoms with Crippen LogP contribution in [0.15, 0.2) is 24.3 Å². The van der Waals surface area contributed by atoms with Crippen LogP contribution in [0.1, 0.15) is 48.0 Å². The van der Waals surface area contributed by atoms with E-state index in [0.29, 0.717) is 18.1 Å². The Kier molecular flexibility index (Phi) is 5.42. The van der Waals surface area contributed by atoms with E-state index in [9.17, 15) is 9.59 Å². The molecular formula is C20H27NO4. The Morgan fingerprint density at radius 2 is 1.96 bits per heavy atom. The number of methoxy groups -OCH3 is 1. The van der Waals surface area contributed by atoms with Crippen molar-refractivity contribution in [1.29, 1.82) is 0 Å². The third-order valence-electron chi connectivity index (χ3n) is 5.72. The summed E-state index contributed by atoms with van der Waals surface area (Å²) in [5, 5.41) is 8.99. The summed E-state index contributed by atoms with van der Waals surface area (Å²) >= 11 is 0. The number of carbonyl (C=O) groups is 2. The molecule has 0 spiro atoms. The van der Waals surface area contributed by atoms with Crippen LogP contribution >= 0.6 is 0 Å². The second-order valence-electron chi connectivity index (χ2n) is 7.53. The number of piperidine rings is 1. The molecule has 136 valence electrons. The Morgan fingerprint density at radius 3 is 2.52 bits per heavy atom. The third kappa shape index (κ3) is 3.87. The first-order valence-corrected chi connectivity index (χ1v) is 9.15. The Labute approximate surface area is 149 Å². The van der Waals surface area contributed by atoms with Crippen LogP contribution in [0.2, 0.25) is 0 Å². The van der Waals surface area contributed by atoms with Gasteiger partial charge in [-0.15, -0.1) is 0 Å². The number of carboxylic acids is 1. The highest BCUT2D eigenvalue weighted by atomic mass is 16.5. The Morgan fingerprint density at radius 1 is 1.24 bits per heavy atom. The van der Waals surface area contributed by atoms with Gasteiger partial charge in [0.25, 0.3) is 0 Å². The molecule has 1 unspecified atom stereocenters. The Bertz CT molecular complexity index is 621. The van der Waals surface area contributed by atoms with E-state index in [4.69, 9.17) is 9.84 Å². The fourth-order valence-corrected chi connectivity index (χ4v) is 4.17.